The molecule has 0 fully saturated rings. The normalized spacial score (nSPS) is 13.9. The monoisotopic (exact) mass is 371 g/mol. The zero-order valence-corrected chi connectivity index (χ0v) is 14.8. The highest BCUT2D eigenvalue weighted by molar-refractivity contribution is 5.87. The molecule has 0 bridgehead atoms. The Hall–Kier alpha value is -2.82. The zero-order valence-electron chi connectivity index (χ0n) is 14.8. The minimum absolute atomic E-state index is 0.0953. The van der Waals surface area contributed by atoms with Crippen molar-refractivity contribution >= 4 is 16.7 Å². The molecule has 1 unspecified atom stereocenters. The maximum Gasteiger partial charge on any atom is 0.396 e. The van der Waals surface area contributed by atoms with E-state index in [9.17, 15) is 18.0 Å². The molecule has 1 amide bonds. The first-order chi connectivity index (χ1) is 12.9. The van der Waals surface area contributed by atoms with Crippen LogP contribution in [0.2, 0.25) is 0 Å². The van der Waals surface area contributed by atoms with Crippen LogP contribution in [0.25, 0.3) is 10.8 Å². The molecule has 140 valence electrons. The lowest BCUT2D eigenvalue weighted by Gasteiger charge is -2.22. The summed E-state index contributed by atoms with van der Waals surface area (Å²) in [6, 6.07) is 20.6. The number of hydrogen-bond donors (Lipinski definition) is 1. The molecule has 0 aliphatic carbocycles. The number of rotatable bonds is 5. The van der Waals surface area contributed by atoms with Crippen LogP contribution in [-0.2, 0) is 4.79 Å². The van der Waals surface area contributed by atoms with E-state index in [1.165, 1.54) is 12.1 Å². The summed E-state index contributed by atoms with van der Waals surface area (Å²) in [5, 5.41) is 4.72. The van der Waals surface area contributed by atoms with E-state index in [4.69, 9.17) is 0 Å². The van der Waals surface area contributed by atoms with Crippen molar-refractivity contribution in [2.24, 2.45) is 0 Å². The van der Waals surface area contributed by atoms with Crippen LogP contribution in [0.15, 0.2) is 72.8 Å². The molecule has 0 aromatic heterocycles. The highest BCUT2D eigenvalue weighted by Crippen LogP contribution is 2.37. The first kappa shape index (κ1) is 19.0. The molecule has 1 N–H and O–H groups in total. The lowest BCUT2D eigenvalue weighted by molar-refractivity contribution is -0.157. The van der Waals surface area contributed by atoms with Crippen LogP contribution < -0.4 is 5.32 Å². The van der Waals surface area contributed by atoms with Gasteiger partial charge in [-0.1, -0.05) is 72.8 Å². The fourth-order valence-electron chi connectivity index (χ4n) is 3.30. The summed E-state index contributed by atoms with van der Waals surface area (Å²) in [4.78, 5) is 12.4. The summed E-state index contributed by atoms with van der Waals surface area (Å²) in [5.41, 5.74) is 0.975. The van der Waals surface area contributed by atoms with Crippen molar-refractivity contribution < 1.29 is 18.0 Å². The predicted molar refractivity (Wildman–Crippen MR) is 100 cm³/mol. The van der Waals surface area contributed by atoms with Gasteiger partial charge in [0.25, 0.3) is 0 Å². The van der Waals surface area contributed by atoms with Gasteiger partial charge >= 0.3 is 6.18 Å². The summed E-state index contributed by atoms with van der Waals surface area (Å²) in [6.45, 7) is 1.78. The van der Waals surface area contributed by atoms with Crippen molar-refractivity contribution in [1.82, 2.24) is 5.32 Å². The van der Waals surface area contributed by atoms with Gasteiger partial charge in [0.1, 0.15) is 0 Å². The van der Waals surface area contributed by atoms with E-state index in [-0.39, 0.29) is 5.56 Å². The molecule has 0 heterocycles. The first-order valence-corrected chi connectivity index (χ1v) is 8.75. The molecule has 3 aromatic rings. The SMILES string of the molecule is C[C@@H](NC(=O)CC(c1ccccc1)C(F)(F)F)c1cccc2ccccc12. The predicted octanol–water partition coefficient (Wildman–Crippen LogP) is 5.75. The number of amides is 1. The number of benzene rings is 3. The Morgan fingerprint density at radius 3 is 2.26 bits per heavy atom. The quantitative estimate of drug-likeness (QED) is 0.608. The second kappa shape index (κ2) is 7.82. The summed E-state index contributed by atoms with van der Waals surface area (Å²) in [7, 11) is 0. The lowest BCUT2D eigenvalue weighted by atomic mass is 9.94. The van der Waals surface area contributed by atoms with Gasteiger partial charge in [-0.3, -0.25) is 4.79 Å². The van der Waals surface area contributed by atoms with Crippen molar-refractivity contribution in [2.75, 3.05) is 0 Å². The van der Waals surface area contributed by atoms with Gasteiger partial charge in [0, 0.05) is 6.42 Å². The molecule has 0 spiro atoms. The summed E-state index contributed by atoms with van der Waals surface area (Å²) in [5.74, 6) is -2.44. The van der Waals surface area contributed by atoms with Gasteiger partial charge in [0.05, 0.1) is 12.0 Å². The van der Waals surface area contributed by atoms with E-state index in [0.717, 1.165) is 16.3 Å². The number of halogens is 3. The summed E-state index contributed by atoms with van der Waals surface area (Å²) < 4.78 is 40.4. The fourth-order valence-corrected chi connectivity index (χ4v) is 3.30. The number of carbonyl (C=O) groups excluding carboxylic acids is 1. The number of fused-ring (bicyclic) bond motifs is 1. The lowest BCUT2D eigenvalue weighted by Crippen LogP contribution is -2.32. The van der Waals surface area contributed by atoms with Crippen LogP contribution in [0.5, 0.6) is 0 Å². The summed E-state index contributed by atoms with van der Waals surface area (Å²) in [6.07, 6.45) is -5.12. The Kier molecular flexibility index (Phi) is 5.49. The standard InChI is InChI=1S/C22H20F3NO/c1-15(18-13-7-11-16-8-5-6-12-19(16)18)26-21(27)14-20(22(23,24)25)17-9-3-2-4-10-17/h2-13,15,20H,14H2,1H3,(H,26,27)/t15-,20?/m1/s1. The molecule has 0 saturated carbocycles. The molecule has 0 saturated heterocycles. The maximum absolute atomic E-state index is 13.5. The fraction of sp³-hybridized carbons (Fsp3) is 0.227. The Morgan fingerprint density at radius 1 is 0.926 bits per heavy atom. The van der Waals surface area contributed by atoms with E-state index in [2.05, 4.69) is 5.32 Å². The van der Waals surface area contributed by atoms with Crippen LogP contribution >= 0.6 is 0 Å². The van der Waals surface area contributed by atoms with Gasteiger partial charge in [0.15, 0.2) is 0 Å². The molecule has 3 aromatic carbocycles. The molecule has 3 rings (SSSR count). The molecule has 2 atom stereocenters. The third-order valence-corrected chi connectivity index (χ3v) is 4.65. The van der Waals surface area contributed by atoms with Gasteiger partial charge in [-0.2, -0.15) is 13.2 Å². The smallest absolute Gasteiger partial charge is 0.350 e. The van der Waals surface area contributed by atoms with Crippen LogP contribution in [-0.4, -0.2) is 12.1 Å². The number of carbonyl (C=O) groups is 1. The van der Waals surface area contributed by atoms with Gasteiger partial charge in [-0.25, -0.2) is 0 Å². The molecular formula is C22H20F3NO. The highest BCUT2D eigenvalue weighted by Gasteiger charge is 2.41. The third kappa shape index (κ3) is 4.48. The van der Waals surface area contributed by atoms with Crippen molar-refractivity contribution in [3.05, 3.63) is 83.9 Å². The van der Waals surface area contributed by atoms with Gasteiger partial charge in [-0.15, -0.1) is 0 Å². The van der Waals surface area contributed by atoms with E-state index >= 15 is 0 Å². The number of hydrogen-bond acceptors (Lipinski definition) is 1. The van der Waals surface area contributed by atoms with Crippen molar-refractivity contribution in [3.8, 4) is 0 Å². The molecule has 5 heteroatoms. The average Bonchev–Trinajstić information content (AvgIpc) is 2.65. The molecular weight excluding hydrogens is 351 g/mol. The Morgan fingerprint density at radius 2 is 1.56 bits per heavy atom. The second-order valence-corrected chi connectivity index (χ2v) is 6.57. The van der Waals surface area contributed by atoms with Crippen LogP contribution in [0.3, 0.4) is 0 Å². The van der Waals surface area contributed by atoms with Crippen LogP contribution in [0.1, 0.15) is 36.4 Å². The minimum Gasteiger partial charge on any atom is -0.350 e. The largest absolute Gasteiger partial charge is 0.396 e. The maximum atomic E-state index is 13.5. The van der Waals surface area contributed by atoms with E-state index < -0.39 is 30.5 Å². The van der Waals surface area contributed by atoms with E-state index in [1.807, 2.05) is 42.5 Å². The zero-order chi connectivity index (χ0) is 19.4. The molecule has 0 radical (unpaired) electrons. The van der Waals surface area contributed by atoms with Gasteiger partial charge in [0.2, 0.25) is 5.91 Å². The Balaban J connectivity index is 1.77. The second-order valence-electron chi connectivity index (χ2n) is 6.57. The van der Waals surface area contributed by atoms with Gasteiger partial charge < -0.3 is 5.32 Å². The van der Waals surface area contributed by atoms with E-state index in [1.54, 1.807) is 25.1 Å². The van der Waals surface area contributed by atoms with Crippen molar-refractivity contribution in [2.45, 2.75) is 31.5 Å². The minimum atomic E-state index is -4.48. The van der Waals surface area contributed by atoms with Crippen LogP contribution in [0.4, 0.5) is 13.2 Å². The Labute approximate surface area is 156 Å². The third-order valence-electron chi connectivity index (χ3n) is 4.65. The number of alkyl halides is 3. The first-order valence-electron chi connectivity index (χ1n) is 8.75. The molecule has 2 nitrogen and oxygen atoms in total. The van der Waals surface area contributed by atoms with Crippen molar-refractivity contribution in [3.63, 3.8) is 0 Å². The molecule has 0 aliphatic heterocycles. The van der Waals surface area contributed by atoms with E-state index in [0.29, 0.717) is 0 Å². The molecule has 27 heavy (non-hydrogen) atoms. The average molecular weight is 371 g/mol. The summed E-state index contributed by atoms with van der Waals surface area (Å²) >= 11 is 0. The topological polar surface area (TPSA) is 29.1 Å². The van der Waals surface area contributed by atoms with Crippen LogP contribution in [0, 0.1) is 0 Å². The van der Waals surface area contributed by atoms with Crippen molar-refractivity contribution in [1.29, 1.82) is 0 Å². The highest BCUT2D eigenvalue weighted by atomic mass is 19.4. The van der Waals surface area contributed by atoms with Gasteiger partial charge in [-0.05, 0) is 28.8 Å². The Bertz CT molecular complexity index is 916. The number of nitrogens with one attached hydrogen (secondary N) is 1. The molecule has 0 aliphatic rings.